The highest BCUT2D eigenvalue weighted by molar-refractivity contribution is 7.89. The lowest BCUT2D eigenvalue weighted by atomic mass is 10.0. The molecule has 2 rings (SSSR count). The van der Waals surface area contributed by atoms with Gasteiger partial charge in [0, 0.05) is 32.1 Å². The minimum absolute atomic E-state index is 0.0461. The number of nitrogens with zero attached hydrogens (tertiary/aromatic N) is 2. The highest BCUT2D eigenvalue weighted by Crippen LogP contribution is 2.20. The van der Waals surface area contributed by atoms with E-state index in [1.165, 1.54) is 4.31 Å². The van der Waals surface area contributed by atoms with E-state index in [9.17, 15) is 13.2 Å². The van der Waals surface area contributed by atoms with E-state index < -0.39 is 10.0 Å². The van der Waals surface area contributed by atoms with Crippen LogP contribution in [0.2, 0.25) is 0 Å². The topological polar surface area (TPSA) is 57.7 Å². The Kier molecular flexibility index (Phi) is 7.02. The summed E-state index contributed by atoms with van der Waals surface area (Å²) in [4.78, 5) is 14.7. The van der Waals surface area contributed by atoms with E-state index in [1.54, 1.807) is 12.1 Å². The molecule has 6 heteroatoms. The van der Waals surface area contributed by atoms with Gasteiger partial charge in [-0.05, 0) is 43.4 Å². The van der Waals surface area contributed by atoms with Gasteiger partial charge in [0.15, 0.2) is 0 Å². The molecule has 0 bridgehead atoms. The molecule has 25 heavy (non-hydrogen) atoms. The molecule has 1 amide bonds. The summed E-state index contributed by atoms with van der Waals surface area (Å²) in [7, 11) is -3.50. The summed E-state index contributed by atoms with van der Waals surface area (Å²) >= 11 is 0. The van der Waals surface area contributed by atoms with Crippen LogP contribution in [-0.2, 0) is 21.2 Å². The van der Waals surface area contributed by atoms with Crippen molar-refractivity contribution in [3.8, 4) is 0 Å². The van der Waals surface area contributed by atoms with Crippen LogP contribution < -0.4 is 0 Å². The first-order chi connectivity index (χ1) is 11.9. The average Bonchev–Trinajstić information content (AvgIpc) is 2.89. The second-order valence-electron chi connectivity index (χ2n) is 6.59. The van der Waals surface area contributed by atoms with E-state index in [1.807, 2.05) is 37.8 Å². The maximum Gasteiger partial charge on any atom is 0.243 e. The van der Waals surface area contributed by atoms with Crippen molar-refractivity contribution >= 4 is 15.9 Å². The molecule has 0 aromatic heterocycles. The third-order valence-electron chi connectivity index (χ3n) is 5.07. The van der Waals surface area contributed by atoms with Crippen molar-refractivity contribution in [1.82, 2.24) is 9.21 Å². The zero-order valence-electron chi connectivity index (χ0n) is 15.6. The molecule has 140 valence electrons. The Morgan fingerprint density at radius 2 is 1.64 bits per heavy atom. The lowest BCUT2D eigenvalue weighted by molar-refractivity contribution is -0.135. The van der Waals surface area contributed by atoms with Gasteiger partial charge in [-0.25, -0.2) is 8.42 Å². The van der Waals surface area contributed by atoms with Gasteiger partial charge >= 0.3 is 0 Å². The lowest BCUT2D eigenvalue weighted by Gasteiger charge is -2.25. The molecule has 5 nitrogen and oxygen atoms in total. The number of hydrogen-bond acceptors (Lipinski definition) is 3. The fourth-order valence-electron chi connectivity index (χ4n) is 3.30. The zero-order valence-corrected chi connectivity index (χ0v) is 16.4. The standard InChI is InChI=1S/C19H30N2O3S/c1-4-16-8-10-18(11-9-16)25(23,24)21-13-7-12-20(14-15-21)19(22)17(5-2)6-3/h8-11,17H,4-7,12-15H2,1-3H3. The van der Waals surface area contributed by atoms with Gasteiger partial charge in [0.05, 0.1) is 4.90 Å². The molecule has 1 aromatic carbocycles. The molecule has 1 fully saturated rings. The molecule has 0 atom stereocenters. The van der Waals surface area contributed by atoms with Gasteiger partial charge in [-0.2, -0.15) is 4.31 Å². The summed E-state index contributed by atoms with van der Waals surface area (Å²) in [5.74, 6) is 0.210. The van der Waals surface area contributed by atoms with Gasteiger partial charge in [0.25, 0.3) is 0 Å². The normalized spacial score (nSPS) is 16.9. The van der Waals surface area contributed by atoms with E-state index in [-0.39, 0.29) is 11.8 Å². The average molecular weight is 367 g/mol. The van der Waals surface area contributed by atoms with Gasteiger partial charge in [-0.3, -0.25) is 4.79 Å². The molecule has 0 saturated carbocycles. The molecule has 1 heterocycles. The van der Waals surface area contributed by atoms with Gasteiger partial charge in [-0.1, -0.05) is 32.9 Å². The van der Waals surface area contributed by atoms with E-state index in [2.05, 4.69) is 0 Å². The highest BCUT2D eigenvalue weighted by atomic mass is 32.2. The third-order valence-corrected chi connectivity index (χ3v) is 6.98. The zero-order chi connectivity index (χ0) is 18.4. The SMILES string of the molecule is CCc1ccc(S(=O)(=O)N2CCCN(C(=O)C(CC)CC)CC2)cc1. The van der Waals surface area contributed by atoms with Crippen molar-refractivity contribution in [3.05, 3.63) is 29.8 Å². The predicted molar refractivity (Wildman–Crippen MR) is 99.8 cm³/mol. The van der Waals surface area contributed by atoms with Crippen molar-refractivity contribution < 1.29 is 13.2 Å². The second-order valence-corrected chi connectivity index (χ2v) is 8.53. The number of rotatable bonds is 6. The third kappa shape index (κ3) is 4.61. The highest BCUT2D eigenvalue weighted by Gasteiger charge is 2.29. The molecule has 0 aliphatic carbocycles. The number of amides is 1. The van der Waals surface area contributed by atoms with Crippen LogP contribution in [0.4, 0.5) is 0 Å². The Morgan fingerprint density at radius 3 is 2.20 bits per heavy atom. The van der Waals surface area contributed by atoms with Crippen molar-refractivity contribution in [1.29, 1.82) is 0 Å². The molecule has 1 aliphatic heterocycles. The Bertz CT molecular complexity index is 666. The largest absolute Gasteiger partial charge is 0.341 e. The predicted octanol–water partition coefficient (Wildman–Crippen LogP) is 2.91. The maximum absolute atomic E-state index is 12.9. The van der Waals surface area contributed by atoms with E-state index >= 15 is 0 Å². The van der Waals surface area contributed by atoms with Gasteiger partial charge < -0.3 is 4.90 Å². The number of benzene rings is 1. The fraction of sp³-hybridized carbons (Fsp3) is 0.632. The van der Waals surface area contributed by atoms with Gasteiger partial charge in [-0.15, -0.1) is 0 Å². The Balaban J connectivity index is 2.09. The Morgan fingerprint density at radius 1 is 1.00 bits per heavy atom. The van der Waals surface area contributed by atoms with Crippen LogP contribution >= 0.6 is 0 Å². The molecular formula is C19H30N2O3S. The van der Waals surface area contributed by atoms with Crippen LogP contribution in [0, 0.1) is 5.92 Å². The van der Waals surface area contributed by atoms with E-state index in [4.69, 9.17) is 0 Å². The van der Waals surface area contributed by atoms with Gasteiger partial charge in [0.1, 0.15) is 0 Å². The van der Waals surface area contributed by atoms with E-state index in [0.29, 0.717) is 37.5 Å². The Labute approximate surface area is 152 Å². The van der Waals surface area contributed by atoms with Crippen LogP contribution in [0.5, 0.6) is 0 Å². The number of carbonyl (C=O) groups is 1. The summed E-state index contributed by atoms with van der Waals surface area (Å²) < 4.78 is 27.3. The monoisotopic (exact) mass is 366 g/mol. The van der Waals surface area contributed by atoms with E-state index in [0.717, 1.165) is 24.8 Å². The van der Waals surface area contributed by atoms with Gasteiger partial charge in [0.2, 0.25) is 15.9 Å². The van der Waals surface area contributed by atoms with Crippen molar-refractivity contribution in [2.24, 2.45) is 5.92 Å². The molecule has 1 aromatic rings. The quantitative estimate of drug-likeness (QED) is 0.778. The summed E-state index contributed by atoms with van der Waals surface area (Å²) in [5.41, 5.74) is 1.12. The summed E-state index contributed by atoms with van der Waals surface area (Å²) in [5, 5.41) is 0. The van der Waals surface area contributed by atoms with Crippen LogP contribution in [0.3, 0.4) is 0 Å². The number of aryl methyl sites for hydroxylation is 1. The summed E-state index contributed by atoms with van der Waals surface area (Å²) in [6.07, 6.45) is 3.23. The number of sulfonamides is 1. The van der Waals surface area contributed by atoms with Crippen molar-refractivity contribution in [2.75, 3.05) is 26.2 Å². The molecule has 1 aliphatic rings. The summed E-state index contributed by atoms with van der Waals surface area (Å²) in [6.45, 7) is 8.04. The first-order valence-corrected chi connectivity index (χ1v) is 10.8. The number of carbonyl (C=O) groups excluding carboxylic acids is 1. The van der Waals surface area contributed by atoms with Crippen LogP contribution in [0.15, 0.2) is 29.2 Å². The van der Waals surface area contributed by atoms with Crippen molar-refractivity contribution in [3.63, 3.8) is 0 Å². The van der Waals surface area contributed by atoms with Crippen LogP contribution in [0.25, 0.3) is 0 Å². The van der Waals surface area contributed by atoms with Crippen LogP contribution in [-0.4, -0.2) is 49.7 Å². The molecule has 0 spiro atoms. The second kappa shape index (κ2) is 8.81. The first kappa shape index (κ1) is 19.9. The minimum atomic E-state index is -3.50. The molecular weight excluding hydrogens is 336 g/mol. The number of hydrogen-bond donors (Lipinski definition) is 0. The van der Waals surface area contributed by atoms with Crippen LogP contribution in [0.1, 0.15) is 45.6 Å². The fourth-order valence-corrected chi connectivity index (χ4v) is 4.77. The Hall–Kier alpha value is -1.40. The molecule has 1 saturated heterocycles. The first-order valence-electron chi connectivity index (χ1n) is 9.31. The maximum atomic E-state index is 12.9. The smallest absolute Gasteiger partial charge is 0.243 e. The molecule has 0 N–H and O–H groups in total. The minimum Gasteiger partial charge on any atom is -0.341 e. The lowest BCUT2D eigenvalue weighted by Crippen LogP contribution is -2.39. The summed E-state index contributed by atoms with van der Waals surface area (Å²) in [6, 6.07) is 7.11. The molecule has 0 radical (unpaired) electrons. The molecule has 0 unspecified atom stereocenters. The van der Waals surface area contributed by atoms with Crippen molar-refractivity contribution in [2.45, 2.75) is 51.3 Å².